The molecule has 1 aliphatic carbocycles. The second-order valence-corrected chi connectivity index (χ2v) is 6.60. The van der Waals surface area contributed by atoms with Crippen molar-refractivity contribution in [1.82, 2.24) is 10.2 Å². The molecule has 0 aromatic carbocycles. The molecule has 0 aromatic rings. The van der Waals surface area contributed by atoms with Crippen LogP contribution < -0.4 is 5.32 Å². The minimum absolute atomic E-state index is 0.775. The van der Waals surface area contributed by atoms with Crippen LogP contribution in [0.15, 0.2) is 0 Å². The van der Waals surface area contributed by atoms with E-state index in [1.165, 1.54) is 58.3 Å². The number of nitrogens with zero attached hydrogens (tertiary/aromatic N) is 1. The number of piperidine rings is 1. The molecule has 2 atom stereocenters. The Kier molecular flexibility index (Phi) is 2.97. The number of rotatable bonds is 1. The Morgan fingerprint density at radius 1 is 1.12 bits per heavy atom. The predicted molar refractivity (Wildman–Crippen MR) is 67.5 cm³/mol. The molecule has 0 aromatic heterocycles. The highest BCUT2D eigenvalue weighted by Crippen LogP contribution is 2.54. The van der Waals surface area contributed by atoms with Gasteiger partial charge in [-0.1, -0.05) is 0 Å². The summed E-state index contributed by atoms with van der Waals surface area (Å²) in [5.74, 6) is 2.01. The molecule has 3 aliphatic rings. The van der Waals surface area contributed by atoms with E-state index in [0.717, 1.165) is 17.3 Å². The van der Waals surface area contributed by atoms with Crippen molar-refractivity contribution in [2.75, 3.05) is 33.2 Å². The molecule has 2 aliphatic heterocycles. The summed E-state index contributed by atoms with van der Waals surface area (Å²) in [5.41, 5.74) is 0.775. The normalized spacial score (nSPS) is 39.6. The molecule has 3 rings (SSSR count). The Morgan fingerprint density at radius 2 is 2.00 bits per heavy atom. The van der Waals surface area contributed by atoms with Gasteiger partial charge in [0.05, 0.1) is 0 Å². The first-order valence-corrected chi connectivity index (χ1v) is 7.17. The summed E-state index contributed by atoms with van der Waals surface area (Å²) in [6.45, 7) is 5.27. The number of nitrogens with one attached hydrogen (secondary N) is 1. The molecule has 0 radical (unpaired) electrons. The SMILES string of the molecule is CN1CC(C2CCCNCC2)CC2(CC2)C1. The maximum Gasteiger partial charge on any atom is 0.00352 e. The van der Waals surface area contributed by atoms with Gasteiger partial charge in [-0.15, -0.1) is 0 Å². The van der Waals surface area contributed by atoms with Crippen molar-refractivity contribution in [3.05, 3.63) is 0 Å². The lowest BCUT2D eigenvalue weighted by atomic mass is 9.76. The highest BCUT2D eigenvalue weighted by molar-refractivity contribution is 5.01. The highest BCUT2D eigenvalue weighted by Gasteiger charge is 2.48. The van der Waals surface area contributed by atoms with Crippen LogP contribution in [-0.4, -0.2) is 38.1 Å². The van der Waals surface area contributed by atoms with E-state index in [-0.39, 0.29) is 0 Å². The van der Waals surface area contributed by atoms with Gasteiger partial charge < -0.3 is 10.2 Å². The first kappa shape index (κ1) is 11.0. The molecule has 2 nitrogen and oxygen atoms in total. The summed E-state index contributed by atoms with van der Waals surface area (Å²) < 4.78 is 0. The summed E-state index contributed by atoms with van der Waals surface area (Å²) in [7, 11) is 2.33. The minimum Gasteiger partial charge on any atom is -0.317 e. The zero-order valence-electron chi connectivity index (χ0n) is 10.7. The van der Waals surface area contributed by atoms with Crippen LogP contribution in [0.3, 0.4) is 0 Å². The van der Waals surface area contributed by atoms with Crippen molar-refractivity contribution in [1.29, 1.82) is 0 Å². The van der Waals surface area contributed by atoms with Crippen LogP contribution in [0.4, 0.5) is 0 Å². The maximum atomic E-state index is 3.55. The van der Waals surface area contributed by atoms with E-state index in [0.29, 0.717) is 0 Å². The summed E-state index contributed by atoms with van der Waals surface area (Å²) in [6.07, 6.45) is 8.87. The molecule has 92 valence electrons. The number of hydrogen-bond acceptors (Lipinski definition) is 2. The molecule has 1 saturated carbocycles. The van der Waals surface area contributed by atoms with Gasteiger partial charge in [-0.05, 0) is 75.9 Å². The molecular formula is C14H26N2. The van der Waals surface area contributed by atoms with Crippen LogP contribution in [0.25, 0.3) is 0 Å². The van der Waals surface area contributed by atoms with E-state index in [4.69, 9.17) is 0 Å². The molecule has 2 unspecified atom stereocenters. The lowest BCUT2D eigenvalue weighted by Crippen LogP contribution is -2.41. The molecule has 16 heavy (non-hydrogen) atoms. The fraction of sp³-hybridized carbons (Fsp3) is 1.00. The first-order valence-electron chi connectivity index (χ1n) is 7.17. The van der Waals surface area contributed by atoms with E-state index >= 15 is 0 Å². The largest absolute Gasteiger partial charge is 0.317 e. The Morgan fingerprint density at radius 3 is 2.81 bits per heavy atom. The van der Waals surface area contributed by atoms with Crippen molar-refractivity contribution in [2.45, 2.75) is 38.5 Å². The quantitative estimate of drug-likeness (QED) is 0.731. The molecule has 2 heteroatoms. The van der Waals surface area contributed by atoms with Crippen LogP contribution in [-0.2, 0) is 0 Å². The fourth-order valence-electron chi connectivity index (χ4n) is 4.09. The highest BCUT2D eigenvalue weighted by atomic mass is 15.1. The van der Waals surface area contributed by atoms with Gasteiger partial charge in [-0.2, -0.15) is 0 Å². The summed E-state index contributed by atoms with van der Waals surface area (Å²) in [6, 6.07) is 0. The van der Waals surface area contributed by atoms with Crippen LogP contribution in [0.1, 0.15) is 38.5 Å². The van der Waals surface area contributed by atoms with Crippen molar-refractivity contribution < 1.29 is 0 Å². The van der Waals surface area contributed by atoms with Crippen LogP contribution >= 0.6 is 0 Å². The first-order chi connectivity index (χ1) is 7.77. The van der Waals surface area contributed by atoms with E-state index in [1.807, 2.05) is 0 Å². The molecule has 2 heterocycles. The number of hydrogen-bond donors (Lipinski definition) is 1. The lowest BCUT2D eigenvalue weighted by molar-refractivity contribution is 0.0942. The van der Waals surface area contributed by atoms with Gasteiger partial charge in [0, 0.05) is 13.1 Å². The molecular weight excluding hydrogens is 196 g/mol. The van der Waals surface area contributed by atoms with E-state index in [2.05, 4.69) is 17.3 Å². The average molecular weight is 222 g/mol. The van der Waals surface area contributed by atoms with Gasteiger partial charge in [0.1, 0.15) is 0 Å². The van der Waals surface area contributed by atoms with Gasteiger partial charge in [-0.3, -0.25) is 0 Å². The summed E-state index contributed by atoms with van der Waals surface area (Å²) in [5, 5.41) is 3.55. The summed E-state index contributed by atoms with van der Waals surface area (Å²) in [4.78, 5) is 2.61. The molecule has 1 N–H and O–H groups in total. The Balaban J connectivity index is 1.63. The Labute approximate surface area is 99.8 Å². The molecule has 2 saturated heterocycles. The molecule has 0 amide bonds. The third-order valence-corrected chi connectivity index (χ3v) is 5.09. The van der Waals surface area contributed by atoms with Crippen molar-refractivity contribution in [2.24, 2.45) is 17.3 Å². The maximum absolute atomic E-state index is 3.55. The molecule has 3 fully saturated rings. The second-order valence-electron chi connectivity index (χ2n) is 6.60. The monoisotopic (exact) mass is 222 g/mol. The third-order valence-electron chi connectivity index (χ3n) is 5.09. The van der Waals surface area contributed by atoms with Crippen LogP contribution in [0, 0.1) is 17.3 Å². The Hall–Kier alpha value is -0.0800. The van der Waals surface area contributed by atoms with Crippen LogP contribution in [0.5, 0.6) is 0 Å². The van der Waals surface area contributed by atoms with Gasteiger partial charge in [0.15, 0.2) is 0 Å². The predicted octanol–water partition coefficient (Wildman–Crippen LogP) is 2.11. The van der Waals surface area contributed by atoms with E-state index in [9.17, 15) is 0 Å². The standard InChI is InChI=1S/C14H26N2/c1-16-10-13(9-14(11-16)5-6-14)12-3-2-7-15-8-4-12/h12-13,15H,2-11H2,1H3. The molecule has 1 spiro atoms. The van der Waals surface area contributed by atoms with Crippen molar-refractivity contribution in [3.8, 4) is 0 Å². The molecule has 0 bridgehead atoms. The van der Waals surface area contributed by atoms with Gasteiger partial charge in [0.25, 0.3) is 0 Å². The smallest absolute Gasteiger partial charge is 0.00352 e. The summed E-state index contributed by atoms with van der Waals surface area (Å²) >= 11 is 0. The number of likely N-dealkylation sites (tertiary alicyclic amines) is 1. The van der Waals surface area contributed by atoms with Crippen molar-refractivity contribution >= 4 is 0 Å². The topological polar surface area (TPSA) is 15.3 Å². The fourth-order valence-corrected chi connectivity index (χ4v) is 4.09. The van der Waals surface area contributed by atoms with Crippen LogP contribution in [0.2, 0.25) is 0 Å². The van der Waals surface area contributed by atoms with Gasteiger partial charge >= 0.3 is 0 Å². The average Bonchev–Trinajstić information content (AvgIpc) is 3.01. The third kappa shape index (κ3) is 2.28. The zero-order valence-corrected chi connectivity index (χ0v) is 10.7. The van der Waals surface area contributed by atoms with Gasteiger partial charge in [0.2, 0.25) is 0 Å². The second kappa shape index (κ2) is 4.30. The van der Waals surface area contributed by atoms with E-state index in [1.54, 1.807) is 6.42 Å². The lowest BCUT2D eigenvalue weighted by Gasteiger charge is -2.39. The zero-order chi connectivity index (χ0) is 11.0. The van der Waals surface area contributed by atoms with Crippen molar-refractivity contribution in [3.63, 3.8) is 0 Å². The Bertz CT molecular complexity index is 239. The van der Waals surface area contributed by atoms with Gasteiger partial charge in [-0.25, -0.2) is 0 Å². The van der Waals surface area contributed by atoms with E-state index < -0.39 is 0 Å². The minimum atomic E-state index is 0.775.